The lowest BCUT2D eigenvalue weighted by Gasteiger charge is -2.31. The Morgan fingerprint density at radius 3 is 2.83 bits per heavy atom. The molecule has 0 unspecified atom stereocenters. The number of benzene rings is 1. The zero-order chi connectivity index (χ0) is 20.1. The molecular weight excluding hydrogens is 362 g/mol. The predicted molar refractivity (Wildman–Crippen MR) is 115 cm³/mol. The number of fused-ring (bicyclic) bond motifs is 1. The molecule has 0 radical (unpaired) electrons. The molecule has 1 aliphatic carbocycles. The first-order valence-corrected chi connectivity index (χ1v) is 10.9. The van der Waals surface area contributed by atoms with E-state index in [1.165, 1.54) is 24.0 Å². The van der Waals surface area contributed by atoms with Crippen molar-refractivity contribution in [2.24, 2.45) is 5.92 Å². The molecule has 2 aromatic rings. The molecule has 29 heavy (non-hydrogen) atoms. The zero-order valence-corrected chi connectivity index (χ0v) is 17.3. The van der Waals surface area contributed by atoms with E-state index in [9.17, 15) is 4.79 Å². The molecule has 154 valence electrons. The van der Waals surface area contributed by atoms with Crippen LogP contribution in [0.1, 0.15) is 49.3 Å². The lowest BCUT2D eigenvalue weighted by Crippen LogP contribution is -2.38. The molecular formula is C24H31N3O2. The number of carbonyl (C=O) groups is 1. The van der Waals surface area contributed by atoms with Crippen LogP contribution in [0, 0.1) is 5.92 Å². The van der Waals surface area contributed by atoms with Gasteiger partial charge in [-0.25, -0.2) is 4.98 Å². The van der Waals surface area contributed by atoms with Gasteiger partial charge in [0, 0.05) is 29.9 Å². The van der Waals surface area contributed by atoms with Gasteiger partial charge in [-0.05, 0) is 81.8 Å². The van der Waals surface area contributed by atoms with E-state index in [0.717, 1.165) is 62.4 Å². The van der Waals surface area contributed by atoms with Crippen molar-refractivity contribution in [3.8, 4) is 5.88 Å². The van der Waals surface area contributed by atoms with E-state index in [1.54, 1.807) is 6.20 Å². The van der Waals surface area contributed by atoms with Crippen molar-refractivity contribution < 1.29 is 9.53 Å². The maximum atomic E-state index is 12.9. The Labute approximate surface area is 173 Å². The average molecular weight is 394 g/mol. The molecule has 5 nitrogen and oxygen atoms in total. The molecule has 0 atom stereocenters. The molecule has 0 spiro atoms. The van der Waals surface area contributed by atoms with E-state index in [1.807, 2.05) is 13.0 Å². The molecule has 1 amide bonds. The number of pyridine rings is 1. The molecule has 1 N–H and O–H groups in total. The highest BCUT2D eigenvalue weighted by molar-refractivity contribution is 5.93. The van der Waals surface area contributed by atoms with Gasteiger partial charge in [0.25, 0.3) is 0 Å². The van der Waals surface area contributed by atoms with Crippen molar-refractivity contribution in [1.82, 2.24) is 9.88 Å². The van der Waals surface area contributed by atoms with E-state index in [2.05, 4.69) is 39.5 Å². The topological polar surface area (TPSA) is 54.5 Å². The van der Waals surface area contributed by atoms with Crippen LogP contribution in [-0.4, -0.2) is 35.5 Å². The summed E-state index contributed by atoms with van der Waals surface area (Å²) in [6.07, 6.45) is 8.25. The summed E-state index contributed by atoms with van der Waals surface area (Å²) in [4.78, 5) is 19.6. The number of ether oxygens (including phenoxy) is 1. The third-order valence-electron chi connectivity index (χ3n) is 6.14. The number of amides is 1. The molecule has 1 aromatic heterocycles. The summed E-state index contributed by atoms with van der Waals surface area (Å²) in [5.41, 5.74) is 4.91. The highest BCUT2D eigenvalue weighted by Gasteiger charge is 2.26. The number of nitrogens with one attached hydrogen (secondary N) is 1. The van der Waals surface area contributed by atoms with Crippen LogP contribution in [0.25, 0.3) is 0 Å². The Hall–Kier alpha value is -2.40. The van der Waals surface area contributed by atoms with Crippen LogP contribution in [-0.2, 0) is 24.2 Å². The molecule has 2 heterocycles. The van der Waals surface area contributed by atoms with Crippen LogP contribution in [0.5, 0.6) is 5.88 Å². The third-order valence-corrected chi connectivity index (χ3v) is 6.14. The number of hydrogen-bond acceptors (Lipinski definition) is 4. The van der Waals surface area contributed by atoms with Crippen LogP contribution in [0.4, 0.5) is 5.69 Å². The molecule has 0 bridgehead atoms. The fraction of sp³-hybridized carbons (Fsp3) is 0.500. The van der Waals surface area contributed by atoms with Crippen molar-refractivity contribution >= 4 is 11.6 Å². The first-order valence-electron chi connectivity index (χ1n) is 10.9. The predicted octanol–water partition coefficient (Wildman–Crippen LogP) is 4.21. The number of piperidine rings is 1. The van der Waals surface area contributed by atoms with Crippen LogP contribution in [0.3, 0.4) is 0 Å². The minimum atomic E-state index is 0.0888. The monoisotopic (exact) mass is 393 g/mol. The maximum absolute atomic E-state index is 12.9. The standard InChI is InChI=1S/C24H31N3O2/c1-2-29-24-20(9-6-14-25-24)17-27-15-12-19(13-16-27)23(28)26-22-11-5-8-18-7-3-4-10-21(18)22/h5-6,8-9,11,14,19H,2-4,7,10,12-13,15-17H2,1H3,(H,26,28). The molecule has 1 saturated heterocycles. The van der Waals surface area contributed by atoms with Crippen LogP contribution < -0.4 is 10.1 Å². The van der Waals surface area contributed by atoms with Crippen LogP contribution in [0.2, 0.25) is 0 Å². The summed E-state index contributed by atoms with van der Waals surface area (Å²) in [6, 6.07) is 10.4. The van der Waals surface area contributed by atoms with Gasteiger partial charge in [0.05, 0.1) is 6.61 Å². The quantitative estimate of drug-likeness (QED) is 0.799. The molecule has 1 aliphatic heterocycles. The largest absolute Gasteiger partial charge is 0.478 e. The fourth-order valence-electron chi connectivity index (χ4n) is 4.54. The lowest BCUT2D eigenvalue weighted by molar-refractivity contribution is -0.121. The van der Waals surface area contributed by atoms with E-state index in [0.29, 0.717) is 6.61 Å². The zero-order valence-electron chi connectivity index (χ0n) is 17.3. The highest BCUT2D eigenvalue weighted by Crippen LogP contribution is 2.29. The highest BCUT2D eigenvalue weighted by atomic mass is 16.5. The summed E-state index contributed by atoms with van der Waals surface area (Å²) < 4.78 is 5.65. The smallest absolute Gasteiger partial charge is 0.227 e. The minimum absolute atomic E-state index is 0.0888. The van der Waals surface area contributed by atoms with Gasteiger partial charge in [-0.3, -0.25) is 9.69 Å². The number of rotatable bonds is 6. The number of aromatic nitrogens is 1. The second kappa shape index (κ2) is 9.40. The second-order valence-electron chi connectivity index (χ2n) is 8.09. The first-order chi connectivity index (χ1) is 14.2. The van der Waals surface area contributed by atoms with Gasteiger partial charge in [0.1, 0.15) is 0 Å². The minimum Gasteiger partial charge on any atom is -0.478 e. The Balaban J connectivity index is 1.33. The normalized spacial score (nSPS) is 17.6. The van der Waals surface area contributed by atoms with Gasteiger partial charge in [-0.15, -0.1) is 0 Å². The molecule has 2 aliphatic rings. The number of nitrogens with zero attached hydrogens (tertiary/aromatic N) is 2. The number of carbonyl (C=O) groups excluding carboxylic acids is 1. The van der Waals surface area contributed by atoms with Gasteiger partial charge < -0.3 is 10.1 Å². The van der Waals surface area contributed by atoms with E-state index in [4.69, 9.17) is 4.74 Å². The Kier molecular flexibility index (Phi) is 6.45. The molecule has 1 fully saturated rings. The van der Waals surface area contributed by atoms with Gasteiger partial charge in [-0.2, -0.15) is 0 Å². The van der Waals surface area contributed by atoms with E-state index in [-0.39, 0.29) is 11.8 Å². The van der Waals surface area contributed by atoms with Gasteiger partial charge in [0.2, 0.25) is 11.8 Å². The number of aryl methyl sites for hydroxylation is 1. The van der Waals surface area contributed by atoms with Gasteiger partial charge >= 0.3 is 0 Å². The fourth-order valence-corrected chi connectivity index (χ4v) is 4.54. The average Bonchev–Trinajstić information content (AvgIpc) is 2.76. The van der Waals surface area contributed by atoms with E-state index < -0.39 is 0 Å². The van der Waals surface area contributed by atoms with Crippen LogP contribution in [0.15, 0.2) is 36.5 Å². The van der Waals surface area contributed by atoms with E-state index >= 15 is 0 Å². The van der Waals surface area contributed by atoms with Crippen LogP contribution >= 0.6 is 0 Å². The van der Waals surface area contributed by atoms with Crippen molar-refractivity contribution in [1.29, 1.82) is 0 Å². The summed E-state index contributed by atoms with van der Waals surface area (Å²) in [5.74, 6) is 0.995. The number of likely N-dealkylation sites (tertiary alicyclic amines) is 1. The Bertz CT molecular complexity index is 844. The van der Waals surface area contributed by atoms with Crippen molar-refractivity contribution in [2.75, 3.05) is 25.0 Å². The summed E-state index contributed by atoms with van der Waals surface area (Å²) in [5, 5.41) is 3.24. The summed E-state index contributed by atoms with van der Waals surface area (Å²) >= 11 is 0. The number of anilines is 1. The first kappa shape index (κ1) is 19.9. The molecule has 5 heteroatoms. The molecule has 4 rings (SSSR count). The van der Waals surface area contributed by atoms with Crippen molar-refractivity contribution in [3.63, 3.8) is 0 Å². The Morgan fingerprint density at radius 1 is 1.17 bits per heavy atom. The van der Waals surface area contributed by atoms with Crippen molar-refractivity contribution in [2.45, 2.75) is 52.0 Å². The summed E-state index contributed by atoms with van der Waals surface area (Å²) in [7, 11) is 0. The molecule has 0 saturated carbocycles. The van der Waals surface area contributed by atoms with Crippen molar-refractivity contribution in [3.05, 3.63) is 53.2 Å². The second-order valence-corrected chi connectivity index (χ2v) is 8.09. The number of hydrogen-bond donors (Lipinski definition) is 1. The SMILES string of the molecule is CCOc1ncccc1CN1CCC(C(=O)Nc2cccc3c2CCCC3)CC1. The Morgan fingerprint density at radius 2 is 2.00 bits per heavy atom. The van der Waals surface area contributed by atoms with Gasteiger partial charge in [0.15, 0.2) is 0 Å². The third kappa shape index (κ3) is 4.78. The lowest BCUT2D eigenvalue weighted by atomic mass is 9.90. The molecule has 1 aromatic carbocycles. The maximum Gasteiger partial charge on any atom is 0.227 e. The summed E-state index contributed by atoms with van der Waals surface area (Å²) in [6.45, 7) is 5.27. The van der Waals surface area contributed by atoms with Gasteiger partial charge in [-0.1, -0.05) is 18.2 Å².